The van der Waals surface area contributed by atoms with Crippen molar-refractivity contribution in [2.75, 3.05) is 6.61 Å². The van der Waals surface area contributed by atoms with Crippen molar-refractivity contribution >= 4 is 22.7 Å². The lowest BCUT2D eigenvalue weighted by atomic mass is 9.47. The maximum Gasteiger partial charge on any atom is 0.302 e. The van der Waals surface area contributed by atoms with Crippen LogP contribution in [0.1, 0.15) is 65.7 Å². The van der Waals surface area contributed by atoms with E-state index in [1.54, 1.807) is 5.57 Å². The molecule has 4 aliphatic carbocycles. The number of allylic oxidation sites excluding steroid dienone is 4. The van der Waals surface area contributed by atoms with Gasteiger partial charge in [-0.2, -0.15) is 0 Å². The zero-order chi connectivity index (χ0) is 22.8. The predicted octanol–water partition coefficient (Wildman–Crippen LogP) is 6.63. The highest BCUT2D eigenvalue weighted by Gasteiger charge is 2.57. The average Bonchev–Trinajstić information content (AvgIpc) is 3.38. The number of imidazole rings is 1. The first-order valence-corrected chi connectivity index (χ1v) is 12.9. The molecule has 1 aromatic heterocycles. The monoisotopic (exact) mass is 444 g/mol. The van der Waals surface area contributed by atoms with E-state index in [1.807, 2.05) is 6.33 Å². The molecular weight excluding hydrogens is 408 g/mol. The number of aromatic nitrogens is 2. The summed E-state index contributed by atoms with van der Waals surface area (Å²) in [7, 11) is 0. The minimum absolute atomic E-state index is 0.150. The van der Waals surface area contributed by atoms with E-state index in [2.05, 4.69) is 54.8 Å². The van der Waals surface area contributed by atoms with Crippen molar-refractivity contribution in [3.8, 4) is 0 Å². The second-order valence-electron chi connectivity index (χ2n) is 11.6. The molecule has 0 N–H and O–H groups in total. The molecule has 0 saturated heterocycles. The number of fused-ring (bicyclic) bond motifs is 6. The third-order valence-electron chi connectivity index (χ3n) is 9.98. The molecule has 1 aromatic carbocycles. The van der Waals surface area contributed by atoms with Gasteiger partial charge in [-0.1, -0.05) is 43.7 Å². The Kier molecular flexibility index (Phi) is 4.87. The number of rotatable bonds is 3. The zero-order valence-corrected chi connectivity index (χ0v) is 20.2. The maximum atomic E-state index is 11.3. The topological polar surface area (TPSA) is 44.1 Å². The fourth-order valence-electron chi connectivity index (χ4n) is 8.18. The van der Waals surface area contributed by atoms with Crippen molar-refractivity contribution in [2.45, 2.75) is 65.7 Å². The molecule has 6 atom stereocenters. The van der Waals surface area contributed by atoms with Crippen LogP contribution in [0, 0.1) is 34.5 Å². The van der Waals surface area contributed by atoms with Crippen molar-refractivity contribution in [2.24, 2.45) is 34.5 Å². The number of para-hydroxylation sites is 2. The Balaban J connectivity index is 1.26. The van der Waals surface area contributed by atoms with Crippen LogP contribution in [-0.2, 0) is 9.53 Å². The van der Waals surface area contributed by atoms with Crippen LogP contribution in [0.25, 0.3) is 16.7 Å². The van der Waals surface area contributed by atoms with E-state index in [-0.39, 0.29) is 11.4 Å². The lowest BCUT2D eigenvalue weighted by Gasteiger charge is -2.58. The summed E-state index contributed by atoms with van der Waals surface area (Å²) in [5, 5.41) is 0. The van der Waals surface area contributed by atoms with Gasteiger partial charge in [-0.3, -0.25) is 4.79 Å². The molecule has 4 nitrogen and oxygen atoms in total. The van der Waals surface area contributed by atoms with Crippen LogP contribution in [0.4, 0.5) is 0 Å². The number of carbonyl (C=O) groups is 1. The Morgan fingerprint density at radius 2 is 1.91 bits per heavy atom. The predicted molar refractivity (Wildman–Crippen MR) is 131 cm³/mol. The molecular formula is C29H36N2O2. The molecule has 2 aromatic rings. The largest absolute Gasteiger partial charge is 0.466 e. The molecule has 2 saturated carbocycles. The smallest absolute Gasteiger partial charge is 0.302 e. The summed E-state index contributed by atoms with van der Waals surface area (Å²) in [6.07, 6.45) is 15.7. The highest BCUT2D eigenvalue weighted by molar-refractivity contribution is 5.80. The standard InChI is InChI=1S/C29H36N2O2/c1-19(32)33-17-20-12-14-28(2)21(16-20)8-9-22-23-10-11-27(29(23,3)15-13-24(22)28)31-18-30-25-6-4-5-7-26(25)31/h4-8,11,18,20,22-24H,9-10,12-17H2,1-3H3/t20-,22?,23?,24?,28-,29-/m0/s1. The van der Waals surface area contributed by atoms with Gasteiger partial charge in [0.1, 0.15) is 6.33 Å². The number of esters is 1. The van der Waals surface area contributed by atoms with Gasteiger partial charge in [0.2, 0.25) is 0 Å². The fourth-order valence-corrected chi connectivity index (χ4v) is 8.18. The van der Waals surface area contributed by atoms with E-state index < -0.39 is 0 Å². The van der Waals surface area contributed by atoms with Gasteiger partial charge in [-0.15, -0.1) is 0 Å². The van der Waals surface area contributed by atoms with Gasteiger partial charge < -0.3 is 9.30 Å². The van der Waals surface area contributed by atoms with Crippen LogP contribution in [0.5, 0.6) is 0 Å². The van der Waals surface area contributed by atoms with Gasteiger partial charge in [0, 0.05) is 18.0 Å². The Bertz CT molecular complexity index is 1160. The van der Waals surface area contributed by atoms with Crippen molar-refractivity contribution in [3.05, 3.63) is 48.3 Å². The molecule has 3 unspecified atom stereocenters. The Hall–Kier alpha value is -2.36. The molecule has 174 valence electrons. The number of nitrogens with zero attached hydrogens (tertiary/aromatic N) is 2. The van der Waals surface area contributed by atoms with Gasteiger partial charge in [-0.25, -0.2) is 4.98 Å². The fraction of sp³-hybridized carbons (Fsp3) is 0.586. The summed E-state index contributed by atoms with van der Waals surface area (Å²) in [5.74, 6) is 2.58. The van der Waals surface area contributed by atoms with Crippen LogP contribution in [-0.4, -0.2) is 22.1 Å². The van der Waals surface area contributed by atoms with Crippen LogP contribution < -0.4 is 0 Å². The first-order valence-electron chi connectivity index (χ1n) is 12.9. The molecule has 0 aliphatic heterocycles. The molecule has 6 rings (SSSR count). The Labute approximate surface area is 197 Å². The minimum atomic E-state index is -0.150. The number of hydrogen-bond acceptors (Lipinski definition) is 3. The quantitative estimate of drug-likeness (QED) is 0.394. The van der Waals surface area contributed by atoms with Crippen molar-refractivity contribution in [3.63, 3.8) is 0 Å². The molecule has 2 fully saturated rings. The van der Waals surface area contributed by atoms with E-state index in [4.69, 9.17) is 9.72 Å². The van der Waals surface area contributed by atoms with Gasteiger partial charge in [0.05, 0.1) is 17.6 Å². The first kappa shape index (κ1) is 21.2. The van der Waals surface area contributed by atoms with Crippen LogP contribution in [0.15, 0.2) is 48.3 Å². The third-order valence-corrected chi connectivity index (χ3v) is 9.98. The first-order chi connectivity index (χ1) is 15.9. The van der Waals surface area contributed by atoms with Crippen LogP contribution in [0.3, 0.4) is 0 Å². The molecule has 0 spiro atoms. The lowest BCUT2D eigenvalue weighted by molar-refractivity contribution is -0.142. The lowest BCUT2D eigenvalue weighted by Crippen LogP contribution is -2.49. The molecule has 0 bridgehead atoms. The van der Waals surface area contributed by atoms with E-state index in [9.17, 15) is 4.79 Å². The number of carbonyl (C=O) groups excluding carboxylic acids is 1. The Morgan fingerprint density at radius 3 is 2.76 bits per heavy atom. The highest BCUT2D eigenvalue weighted by atomic mass is 16.5. The molecule has 0 radical (unpaired) electrons. The van der Waals surface area contributed by atoms with Crippen molar-refractivity contribution in [1.29, 1.82) is 0 Å². The molecule has 4 aliphatic rings. The van der Waals surface area contributed by atoms with Gasteiger partial charge in [0.25, 0.3) is 0 Å². The number of benzene rings is 1. The molecule has 1 heterocycles. The minimum Gasteiger partial charge on any atom is -0.466 e. The summed E-state index contributed by atoms with van der Waals surface area (Å²) < 4.78 is 7.74. The summed E-state index contributed by atoms with van der Waals surface area (Å²) in [5.41, 5.74) is 5.99. The van der Waals surface area contributed by atoms with Crippen molar-refractivity contribution < 1.29 is 9.53 Å². The van der Waals surface area contributed by atoms with E-state index in [1.165, 1.54) is 56.7 Å². The highest BCUT2D eigenvalue weighted by Crippen LogP contribution is 2.66. The molecule has 33 heavy (non-hydrogen) atoms. The maximum absolute atomic E-state index is 11.3. The second kappa shape index (κ2) is 7.58. The van der Waals surface area contributed by atoms with Gasteiger partial charge in [0.15, 0.2) is 0 Å². The van der Waals surface area contributed by atoms with Crippen LogP contribution >= 0.6 is 0 Å². The van der Waals surface area contributed by atoms with E-state index >= 15 is 0 Å². The van der Waals surface area contributed by atoms with Crippen LogP contribution in [0.2, 0.25) is 0 Å². The zero-order valence-electron chi connectivity index (χ0n) is 20.2. The molecule has 0 amide bonds. The average molecular weight is 445 g/mol. The summed E-state index contributed by atoms with van der Waals surface area (Å²) >= 11 is 0. The van der Waals surface area contributed by atoms with Gasteiger partial charge >= 0.3 is 5.97 Å². The summed E-state index contributed by atoms with van der Waals surface area (Å²) in [6.45, 7) is 7.18. The number of hydrogen-bond donors (Lipinski definition) is 0. The third kappa shape index (κ3) is 3.16. The molecule has 4 heteroatoms. The van der Waals surface area contributed by atoms with Gasteiger partial charge in [-0.05, 0) is 86.2 Å². The summed E-state index contributed by atoms with van der Waals surface area (Å²) in [6, 6.07) is 8.52. The SMILES string of the molecule is CC(=O)OC[C@H]1CC[C@@]2(C)C(=CCC3C2CC[C@]2(C)C(n4cnc5ccccc54)=CCC32)C1. The second-order valence-corrected chi connectivity index (χ2v) is 11.6. The van der Waals surface area contributed by atoms with E-state index in [0.29, 0.717) is 23.9 Å². The Morgan fingerprint density at radius 1 is 1.09 bits per heavy atom. The number of ether oxygens (including phenoxy) is 1. The van der Waals surface area contributed by atoms with Crippen molar-refractivity contribution in [1.82, 2.24) is 9.55 Å². The van der Waals surface area contributed by atoms with E-state index in [0.717, 1.165) is 23.8 Å². The summed E-state index contributed by atoms with van der Waals surface area (Å²) in [4.78, 5) is 16.0. The normalized spacial score (nSPS) is 37.5.